The summed E-state index contributed by atoms with van der Waals surface area (Å²) in [6.45, 7) is 1.37. The van der Waals surface area contributed by atoms with Crippen molar-refractivity contribution < 1.29 is 19.2 Å². The average Bonchev–Trinajstić information content (AvgIpc) is 2.56. The Morgan fingerprint density at radius 1 is 1.08 bits per heavy atom. The predicted octanol–water partition coefficient (Wildman–Crippen LogP) is 2.74. The fourth-order valence-corrected chi connectivity index (χ4v) is 2.17. The maximum atomic E-state index is 12.2. The smallest absolute Gasteiger partial charge is 0.269 e. The van der Waals surface area contributed by atoms with Crippen molar-refractivity contribution >= 4 is 28.9 Å². The molecular formula is C17H17N3O5. The van der Waals surface area contributed by atoms with Crippen LogP contribution in [0.5, 0.6) is 5.75 Å². The number of hydrogen-bond donors (Lipinski definition) is 2. The minimum absolute atomic E-state index is 0.0364. The van der Waals surface area contributed by atoms with Crippen molar-refractivity contribution in [3.8, 4) is 5.75 Å². The second-order valence-electron chi connectivity index (χ2n) is 5.24. The third-order valence-electron chi connectivity index (χ3n) is 3.32. The number of methoxy groups -OCH3 is 1. The monoisotopic (exact) mass is 343 g/mol. The van der Waals surface area contributed by atoms with Crippen molar-refractivity contribution in [1.82, 2.24) is 0 Å². The van der Waals surface area contributed by atoms with E-state index >= 15 is 0 Å². The number of benzene rings is 2. The Bertz CT molecular complexity index is 802. The summed E-state index contributed by atoms with van der Waals surface area (Å²) in [7, 11) is 1.50. The van der Waals surface area contributed by atoms with Gasteiger partial charge in [-0.2, -0.15) is 0 Å². The number of hydrogen-bond acceptors (Lipinski definition) is 5. The van der Waals surface area contributed by atoms with Crippen LogP contribution < -0.4 is 15.4 Å². The summed E-state index contributed by atoms with van der Waals surface area (Å²) in [5.41, 5.74) is 1.45. The van der Waals surface area contributed by atoms with Crippen LogP contribution >= 0.6 is 0 Å². The van der Waals surface area contributed by atoms with Crippen molar-refractivity contribution in [3.05, 3.63) is 58.1 Å². The fraction of sp³-hybridized carbons (Fsp3) is 0.176. The molecule has 0 saturated carbocycles. The van der Waals surface area contributed by atoms with Gasteiger partial charge in [-0.1, -0.05) is 12.1 Å². The lowest BCUT2D eigenvalue weighted by atomic mass is 10.1. The van der Waals surface area contributed by atoms with Gasteiger partial charge >= 0.3 is 0 Å². The van der Waals surface area contributed by atoms with Gasteiger partial charge in [0.25, 0.3) is 5.69 Å². The molecule has 2 aromatic rings. The summed E-state index contributed by atoms with van der Waals surface area (Å²) < 4.78 is 5.12. The van der Waals surface area contributed by atoms with E-state index in [2.05, 4.69) is 10.6 Å². The molecule has 0 heterocycles. The molecule has 25 heavy (non-hydrogen) atoms. The average molecular weight is 343 g/mol. The molecule has 0 unspecified atom stereocenters. The summed E-state index contributed by atoms with van der Waals surface area (Å²) in [5.74, 6) is -0.0653. The molecule has 2 N–H and O–H groups in total. The number of amides is 2. The van der Waals surface area contributed by atoms with E-state index in [0.29, 0.717) is 22.7 Å². The minimum atomic E-state index is -0.500. The van der Waals surface area contributed by atoms with Gasteiger partial charge in [0.15, 0.2) is 0 Å². The molecule has 2 rings (SSSR count). The third kappa shape index (κ3) is 5.03. The molecule has 130 valence electrons. The van der Waals surface area contributed by atoms with Gasteiger partial charge in [-0.15, -0.1) is 0 Å². The Labute approximate surface area is 144 Å². The molecule has 0 saturated heterocycles. The highest BCUT2D eigenvalue weighted by Gasteiger charge is 2.11. The van der Waals surface area contributed by atoms with Gasteiger partial charge in [0.2, 0.25) is 11.8 Å². The van der Waals surface area contributed by atoms with E-state index in [4.69, 9.17) is 4.74 Å². The highest BCUT2D eigenvalue weighted by molar-refractivity contribution is 5.99. The van der Waals surface area contributed by atoms with E-state index in [1.54, 1.807) is 18.2 Å². The quantitative estimate of drug-likeness (QED) is 0.619. The van der Waals surface area contributed by atoms with Crippen LogP contribution in [0.2, 0.25) is 0 Å². The first-order chi connectivity index (χ1) is 11.9. The molecule has 0 aliphatic rings. The number of carbonyl (C=O) groups is 2. The molecule has 0 atom stereocenters. The lowest BCUT2D eigenvalue weighted by molar-refractivity contribution is -0.384. The van der Waals surface area contributed by atoms with E-state index in [1.807, 2.05) is 0 Å². The molecule has 0 radical (unpaired) electrons. The number of ether oxygens (including phenoxy) is 1. The number of nitro groups is 1. The van der Waals surface area contributed by atoms with Crippen LogP contribution in [0, 0.1) is 10.1 Å². The van der Waals surface area contributed by atoms with Gasteiger partial charge in [0.05, 0.1) is 29.8 Å². The second-order valence-corrected chi connectivity index (χ2v) is 5.24. The minimum Gasteiger partial charge on any atom is -0.497 e. The fourth-order valence-electron chi connectivity index (χ4n) is 2.17. The number of nitrogens with zero attached hydrogens (tertiary/aromatic N) is 1. The van der Waals surface area contributed by atoms with Crippen LogP contribution in [0.15, 0.2) is 42.5 Å². The summed E-state index contributed by atoms with van der Waals surface area (Å²) in [6.07, 6.45) is 0.0364. The van der Waals surface area contributed by atoms with Gasteiger partial charge in [-0.05, 0) is 17.7 Å². The van der Waals surface area contributed by atoms with Crippen LogP contribution in [0.25, 0.3) is 0 Å². The first-order valence-electron chi connectivity index (χ1n) is 7.38. The van der Waals surface area contributed by atoms with E-state index in [1.165, 1.54) is 38.3 Å². The number of anilines is 2. The molecule has 0 spiro atoms. The molecule has 2 amide bonds. The predicted molar refractivity (Wildman–Crippen MR) is 92.7 cm³/mol. The molecular weight excluding hydrogens is 326 g/mol. The third-order valence-corrected chi connectivity index (χ3v) is 3.32. The molecule has 2 aromatic carbocycles. The lowest BCUT2D eigenvalue weighted by Gasteiger charge is -2.13. The number of non-ortho nitro benzene ring substituents is 1. The Balaban J connectivity index is 2.13. The Hall–Kier alpha value is -3.42. The zero-order valence-electron chi connectivity index (χ0n) is 13.7. The molecule has 8 nitrogen and oxygen atoms in total. The topological polar surface area (TPSA) is 111 Å². The normalized spacial score (nSPS) is 10.0. The Morgan fingerprint density at radius 2 is 1.76 bits per heavy atom. The molecule has 0 aliphatic heterocycles. The van der Waals surface area contributed by atoms with E-state index < -0.39 is 4.92 Å². The maximum absolute atomic E-state index is 12.2. The van der Waals surface area contributed by atoms with Crippen molar-refractivity contribution in [2.75, 3.05) is 17.7 Å². The molecule has 0 fully saturated rings. The first-order valence-corrected chi connectivity index (χ1v) is 7.38. The SMILES string of the molecule is COc1ccc(NC(C)=O)c(NC(=O)Cc2ccc([N+](=O)[O-])cc2)c1. The van der Waals surface area contributed by atoms with Gasteiger partial charge in [-0.3, -0.25) is 19.7 Å². The van der Waals surface area contributed by atoms with Gasteiger partial charge in [0.1, 0.15) is 5.75 Å². The van der Waals surface area contributed by atoms with Crippen molar-refractivity contribution in [3.63, 3.8) is 0 Å². The van der Waals surface area contributed by atoms with Crippen LogP contribution in [-0.2, 0) is 16.0 Å². The Morgan fingerprint density at radius 3 is 2.32 bits per heavy atom. The standard InChI is InChI=1S/C17H17N3O5/c1-11(21)18-15-8-7-14(25-2)10-16(15)19-17(22)9-12-3-5-13(6-4-12)20(23)24/h3-8,10H,9H2,1-2H3,(H,18,21)(H,19,22). The summed E-state index contributed by atoms with van der Waals surface area (Å²) in [5, 5.41) is 16.0. The number of nitro benzene ring substituents is 1. The highest BCUT2D eigenvalue weighted by atomic mass is 16.6. The van der Waals surface area contributed by atoms with Gasteiger partial charge in [-0.25, -0.2) is 0 Å². The van der Waals surface area contributed by atoms with Crippen molar-refractivity contribution in [2.45, 2.75) is 13.3 Å². The number of rotatable bonds is 6. The summed E-state index contributed by atoms with van der Waals surface area (Å²) in [4.78, 5) is 33.7. The summed E-state index contributed by atoms with van der Waals surface area (Å²) in [6, 6.07) is 10.6. The number of carbonyl (C=O) groups excluding carboxylic acids is 2. The molecule has 0 aliphatic carbocycles. The molecule has 0 aromatic heterocycles. The van der Waals surface area contributed by atoms with Crippen molar-refractivity contribution in [2.24, 2.45) is 0 Å². The number of nitrogens with one attached hydrogen (secondary N) is 2. The zero-order chi connectivity index (χ0) is 18.4. The van der Waals surface area contributed by atoms with Crippen molar-refractivity contribution in [1.29, 1.82) is 0 Å². The molecule has 0 bridgehead atoms. The van der Waals surface area contributed by atoms with Gasteiger partial charge in [0, 0.05) is 25.1 Å². The zero-order valence-corrected chi connectivity index (χ0v) is 13.7. The van der Waals surface area contributed by atoms with E-state index in [9.17, 15) is 19.7 Å². The van der Waals surface area contributed by atoms with Crippen LogP contribution in [0.3, 0.4) is 0 Å². The highest BCUT2D eigenvalue weighted by Crippen LogP contribution is 2.27. The maximum Gasteiger partial charge on any atom is 0.269 e. The van der Waals surface area contributed by atoms with Crippen LogP contribution in [-0.4, -0.2) is 23.8 Å². The van der Waals surface area contributed by atoms with E-state index in [0.717, 1.165) is 0 Å². The summed E-state index contributed by atoms with van der Waals surface area (Å²) >= 11 is 0. The largest absolute Gasteiger partial charge is 0.497 e. The van der Waals surface area contributed by atoms with Crippen LogP contribution in [0.4, 0.5) is 17.1 Å². The molecule has 8 heteroatoms. The Kier molecular flexibility index (Phi) is 5.67. The lowest BCUT2D eigenvalue weighted by Crippen LogP contribution is -2.17. The van der Waals surface area contributed by atoms with Crippen LogP contribution in [0.1, 0.15) is 12.5 Å². The van der Waals surface area contributed by atoms with Gasteiger partial charge < -0.3 is 15.4 Å². The second kappa shape index (κ2) is 7.91. The van der Waals surface area contributed by atoms with E-state index in [-0.39, 0.29) is 23.9 Å². The first kappa shape index (κ1) is 17.9.